The van der Waals surface area contributed by atoms with Gasteiger partial charge < -0.3 is 15.6 Å². The Morgan fingerprint density at radius 1 is 1.12 bits per heavy atom. The van der Waals surface area contributed by atoms with Crippen molar-refractivity contribution in [2.75, 3.05) is 5.32 Å². The Morgan fingerprint density at radius 3 is 2.56 bits per heavy atom. The third-order valence-corrected chi connectivity index (χ3v) is 3.58. The molecule has 1 aromatic heterocycles. The molecule has 3 aromatic rings. The highest BCUT2D eigenvalue weighted by atomic mass is 19.1. The van der Waals surface area contributed by atoms with Gasteiger partial charge in [0, 0.05) is 12.1 Å². The zero-order valence-electron chi connectivity index (χ0n) is 13.1. The number of hydrogen-bond donors (Lipinski definition) is 2. The van der Waals surface area contributed by atoms with E-state index in [0.29, 0.717) is 11.1 Å². The molecule has 0 saturated carbocycles. The molecule has 2 aromatic carbocycles. The van der Waals surface area contributed by atoms with Crippen LogP contribution in [0.2, 0.25) is 0 Å². The van der Waals surface area contributed by atoms with Crippen molar-refractivity contribution in [2.24, 2.45) is 5.73 Å². The molecular formula is C18H15FN4O2. The van der Waals surface area contributed by atoms with E-state index in [1.165, 1.54) is 23.0 Å². The Bertz CT molecular complexity index is 922. The van der Waals surface area contributed by atoms with Crippen LogP contribution in [0.4, 0.5) is 10.2 Å². The lowest BCUT2D eigenvalue weighted by molar-refractivity contribution is 0.0993. The zero-order chi connectivity index (χ0) is 17.8. The van der Waals surface area contributed by atoms with E-state index < -0.39 is 11.8 Å². The van der Waals surface area contributed by atoms with Crippen LogP contribution in [0.1, 0.15) is 26.4 Å². The van der Waals surface area contributed by atoms with E-state index >= 15 is 0 Å². The molecule has 6 nitrogen and oxygen atoms in total. The molecular weight excluding hydrogens is 323 g/mol. The lowest BCUT2D eigenvalue weighted by atomic mass is 10.2. The summed E-state index contributed by atoms with van der Waals surface area (Å²) in [5.41, 5.74) is 6.55. The van der Waals surface area contributed by atoms with Crippen LogP contribution in [0.5, 0.6) is 0 Å². The van der Waals surface area contributed by atoms with Gasteiger partial charge in [0.05, 0.1) is 6.33 Å². The van der Waals surface area contributed by atoms with Crippen LogP contribution in [0, 0.1) is 5.82 Å². The third-order valence-electron chi connectivity index (χ3n) is 3.58. The summed E-state index contributed by atoms with van der Waals surface area (Å²) in [7, 11) is 0. The van der Waals surface area contributed by atoms with Gasteiger partial charge in [0.25, 0.3) is 11.8 Å². The van der Waals surface area contributed by atoms with Crippen LogP contribution in [-0.2, 0) is 6.54 Å². The van der Waals surface area contributed by atoms with Gasteiger partial charge in [-0.15, -0.1) is 0 Å². The number of carbonyl (C=O) groups is 2. The van der Waals surface area contributed by atoms with Crippen molar-refractivity contribution in [2.45, 2.75) is 6.54 Å². The number of amides is 2. The summed E-state index contributed by atoms with van der Waals surface area (Å²) in [4.78, 5) is 28.1. The monoisotopic (exact) mass is 338 g/mol. The zero-order valence-corrected chi connectivity index (χ0v) is 13.1. The molecule has 0 unspecified atom stereocenters. The number of benzene rings is 2. The van der Waals surface area contributed by atoms with Crippen molar-refractivity contribution in [1.29, 1.82) is 0 Å². The van der Waals surface area contributed by atoms with Crippen molar-refractivity contribution in [3.05, 3.63) is 83.6 Å². The van der Waals surface area contributed by atoms with Gasteiger partial charge >= 0.3 is 0 Å². The number of hydrogen-bond acceptors (Lipinski definition) is 3. The molecule has 3 rings (SSSR count). The topological polar surface area (TPSA) is 90.0 Å². The molecule has 2 amide bonds. The standard InChI is InChI=1S/C18H15FN4O2/c19-14-8-4-5-12(9-14)10-23-11-21-17(15(23)16(20)24)22-18(25)13-6-2-1-3-7-13/h1-9,11H,10H2,(H2,20,24)(H,22,25). The highest BCUT2D eigenvalue weighted by molar-refractivity contribution is 6.07. The SMILES string of the molecule is NC(=O)c1c(NC(=O)c2ccccc2)ncn1Cc1cccc(F)c1. The maximum atomic E-state index is 13.3. The van der Waals surface area contributed by atoms with E-state index in [2.05, 4.69) is 10.3 Å². The fourth-order valence-electron chi connectivity index (χ4n) is 2.45. The number of nitrogens with zero attached hydrogens (tertiary/aromatic N) is 2. The van der Waals surface area contributed by atoms with Crippen molar-refractivity contribution in [1.82, 2.24) is 9.55 Å². The predicted molar refractivity (Wildman–Crippen MR) is 90.6 cm³/mol. The number of nitrogens with one attached hydrogen (secondary N) is 1. The minimum atomic E-state index is -0.739. The second-order valence-electron chi connectivity index (χ2n) is 5.38. The summed E-state index contributed by atoms with van der Waals surface area (Å²) in [6.07, 6.45) is 1.38. The molecule has 25 heavy (non-hydrogen) atoms. The van der Waals surface area contributed by atoms with Crippen molar-refractivity contribution in [3.63, 3.8) is 0 Å². The number of primary amides is 1. The molecule has 0 bridgehead atoms. The van der Waals surface area contributed by atoms with E-state index in [4.69, 9.17) is 5.73 Å². The van der Waals surface area contributed by atoms with E-state index in [0.717, 1.165) is 0 Å². The van der Waals surface area contributed by atoms with Crippen LogP contribution >= 0.6 is 0 Å². The van der Waals surface area contributed by atoms with Crippen LogP contribution in [0.15, 0.2) is 60.9 Å². The smallest absolute Gasteiger partial charge is 0.269 e. The predicted octanol–water partition coefficient (Wildman–Crippen LogP) is 2.42. The summed E-state index contributed by atoms with van der Waals surface area (Å²) < 4.78 is 14.8. The van der Waals surface area contributed by atoms with Gasteiger partial charge in [-0.1, -0.05) is 30.3 Å². The minimum Gasteiger partial charge on any atom is -0.364 e. The van der Waals surface area contributed by atoms with Gasteiger partial charge in [0.15, 0.2) is 11.5 Å². The van der Waals surface area contributed by atoms with Crippen LogP contribution < -0.4 is 11.1 Å². The Morgan fingerprint density at radius 2 is 1.88 bits per heavy atom. The van der Waals surface area contributed by atoms with Gasteiger partial charge in [-0.25, -0.2) is 9.37 Å². The van der Waals surface area contributed by atoms with Gasteiger partial charge in [0.2, 0.25) is 0 Å². The van der Waals surface area contributed by atoms with Crippen molar-refractivity contribution >= 4 is 17.6 Å². The Hall–Kier alpha value is -3.48. The molecule has 0 aliphatic carbocycles. The molecule has 0 fully saturated rings. The maximum Gasteiger partial charge on any atom is 0.269 e. The summed E-state index contributed by atoms with van der Waals surface area (Å²) in [5.74, 6) is -1.45. The Kier molecular flexibility index (Phi) is 4.56. The van der Waals surface area contributed by atoms with E-state index in [1.807, 2.05) is 0 Å². The molecule has 3 N–H and O–H groups in total. The minimum absolute atomic E-state index is 0.0496. The van der Waals surface area contributed by atoms with Crippen LogP contribution in [0.25, 0.3) is 0 Å². The fourth-order valence-corrected chi connectivity index (χ4v) is 2.45. The first-order valence-electron chi connectivity index (χ1n) is 7.50. The van der Waals surface area contributed by atoms with E-state index in [-0.39, 0.29) is 23.9 Å². The normalized spacial score (nSPS) is 10.4. The summed E-state index contributed by atoms with van der Waals surface area (Å²) >= 11 is 0. The molecule has 0 saturated heterocycles. The average Bonchev–Trinajstić information content (AvgIpc) is 2.98. The second kappa shape index (κ2) is 6.96. The molecule has 0 aliphatic rings. The van der Waals surface area contributed by atoms with Gasteiger partial charge in [-0.05, 0) is 29.8 Å². The molecule has 0 aliphatic heterocycles. The van der Waals surface area contributed by atoms with E-state index in [1.54, 1.807) is 42.5 Å². The molecule has 1 heterocycles. The number of aromatic nitrogens is 2. The largest absolute Gasteiger partial charge is 0.364 e. The Labute approximate surface area is 143 Å². The summed E-state index contributed by atoms with van der Waals surface area (Å²) in [6.45, 7) is 0.199. The second-order valence-corrected chi connectivity index (χ2v) is 5.38. The Balaban J connectivity index is 1.87. The first kappa shape index (κ1) is 16.4. The lowest BCUT2D eigenvalue weighted by Crippen LogP contribution is -2.21. The molecule has 7 heteroatoms. The number of carbonyl (C=O) groups excluding carboxylic acids is 2. The fraction of sp³-hybridized carbons (Fsp3) is 0.0556. The van der Waals surface area contributed by atoms with Crippen molar-refractivity contribution < 1.29 is 14.0 Å². The van der Waals surface area contributed by atoms with E-state index in [9.17, 15) is 14.0 Å². The third kappa shape index (κ3) is 3.72. The average molecular weight is 338 g/mol. The summed E-state index contributed by atoms with van der Waals surface area (Å²) in [6, 6.07) is 14.5. The van der Waals surface area contributed by atoms with Gasteiger partial charge in [-0.2, -0.15) is 0 Å². The number of anilines is 1. The molecule has 0 radical (unpaired) electrons. The summed E-state index contributed by atoms with van der Waals surface area (Å²) in [5, 5.41) is 2.58. The molecule has 0 spiro atoms. The number of imidazole rings is 1. The van der Waals surface area contributed by atoms with Crippen LogP contribution in [0.3, 0.4) is 0 Å². The van der Waals surface area contributed by atoms with Crippen LogP contribution in [-0.4, -0.2) is 21.4 Å². The highest BCUT2D eigenvalue weighted by Gasteiger charge is 2.19. The maximum absolute atomic E-state index is 13.3. The van der Waals surface area contributed by atoms with Crippen molar-refractivity contribution in [3.8, 4) is 0 Å². The first-order valence-corrected chi connectivity index (χ1v) is 7.50. The first-order chi connectivity index (χ1) is 12.0. The number of halogens is 1. The number of nitrogens with two attached hydrogens (primary N) is 1. The molecule has 126 valence electrons. The highest BCUT2D eigenvalue weighted by Crippen LogP contribution is 2.17. The number of rotatable bonds is 5. The quantitative estimate of drug-likeness (QED) is 0.748. The molecule has 0 atom stereocenters. The van der Waals surface area contributed by atoms with Gasteiger partial charge in [-0.3, -0.25) is 9.59 Å². The van der Waals surface area contributed by atoms with Gasteiger partial charge in [0.1, 0.15) is 5.82 Å². The lowest BCUT2D eigenvalue weighted by Gasteiger charge is -2.08.